The zero-order valence-electron chi connectivity index (χ0n) is 10.3. The lowest BCUT2D eigenvalue weighted by Crippen LogP contribution is -2.15. The Bertz CT molecular complexity index is 631. The lowest BCUT2D eigenvalue weighted by molar-refractivity contribution is -0.109. The second kappa shape index (κ2) is 5.02. The van der Waals surface area contributed by atoms with Gasteiger partial charge in [0.05, 0.1) is 5.92 Å². The van der Waals surface area contributed by atoms with Crippen LogP contribution in [0.15, 0.2) is 54.6 Å². The van der Waals surface area contributed by atoms with Gasteiger partial charge in [0.2, 0.25) is 0 Å². The average molecular weight is 269 g/mol. The van der Waals surface area contributed by atoms with E-state index in [2.05, 4.69) is 24.3 Å². The molecule has 2 aromatic rings. The van der Waals surface area contributed by atoms with Crippen LogP contribution in [-0.4, -0.2) is 6.29 Å². The number of hydrogen-bond acceptors (Lipinski definition) is 1. The highest BCUT2D eigenvalue weighted by Crippen LogP contribution is 2.39. The van der Waals surface area contributed by atoms with Crippen molar-refractivity contribution < 1.29 is 4.79 Å². The lowest BCUT2D eigenvalue weighted by atomic mass is 9.77. The molecular weight excluding hydrogens is 256 g/mol. The number of benzene rings is 2. The molecule has 3 rings (SSSR count). The number of carbonyl (C=O) groups is 1. The fraction of sp³-hybridized carbons (Fsp3) is 0.118. The molecule has 0 aliphatic heterocycles. The van der Waals surface area contributed by atoms with Gasteiger partial charge in [-0.2, -0.15) is 0 Å². The topological polar surface area (TPSA) is 17.1 Å². The average Bonchev–Trinajstić information content (AvgIpc) is 2.46. The molecule has 94 valence electrons. The minimum Gasteiger partial charge on any atom is -0.303 e. The molecule has 2 heteroatoms. The van der Waals surface area contributed by atoms with E-state index in [0.717, 1.165) is 23.0 Å². The van der Waals surface area contributed by atoms with E-state index in [1.807, 2.05) is 36.4 Å². The number of allylic oxidation sites excluding steroid dienone is 1. The minimum absolute atomic E-state index is 0.104. The summed E-state index contributed by atoms with van der Waals surface area (Å²) in [6.45, 7) is 0. The van der Waals surface area contributed by atoms with Gasteiger partial charge in [-0.05, 0) is 28.8 Å². The largest absolute Gasteiger partial charge is 0.303 e. The smallest absolute Gasteiger partial charge is 0.128 e. The molecule has 2 aromatic carbocycles. The summed E-state index contributed by atoms with van der Waals surface area (Å²) in [5, 5.41) is 0.700. The van der Waals surface area contributed by atoms with Crippen molar-refractivity contribution in [2.24, 2.45) is 0 Å². The third-order valence-electron chi connectivity index (χ3n) is 3.61. The van der Waals surface area contributed by atoms with E-state index in [-0.39, 0.29) is 11.8 Å². The van der Waals surface area contributed by atoms with Gasteiger partial charge in [-0.3, -0.25) is 0 Å². The first-order valence-electron chi connectivity index (χ1n) is 6.27. The van der Waals surface area contributed by atoms with Gasteiger partial charge in [0.25, 0.3) is 0 Å². The van der Waals surface area contributed by atoms with Gasteiger partial charge in [0, 0.05) is 10.9 Å². The Morgan fingerprint density at radius 2 is 1.84 bits per heavy atom. The standard InChI is InChI=1S/C17H13ClO/c18-14-7-9-16-13(10-14)6-8-15(17(16)11-19)12-4-2-1-3-5-12/h1-11,15,17H/t15-,17-/m1/s1. The molecule has 0 N–H and O–H groups in total. The molecule has 1 aliphatic carbocycles. The van der Waals surface area contributed by atoms with Gasteiger partial charge in [-0.1, -0.05) is 60.2 Å². The van der Waals surface area contributed by atoms with Gasteiger partial charge in [0.1, 0.15) is 6.29 Å². The summed E-state index contributed by atoms with van der Waals surface area (Å²) < 4.78 is 0. The number of rotatable bonds is 2. The number of aldehydes is 1. The summed E-state index contributed by atoms with van der Waals surface area (Å²) in [6, 6.07) is 15.8. The summed E-state index contributed by atoms with van der Waals surface area (Å²) in [5.41, 5.74) is 3.25. The predicted molar refractivity (Wildman–Crippen MR) is 78.5 cm³/mol. The first-order valence-corrected chi connectivity index (χ1v) is 6.65. The highest BCUT2D eigenvalue weighted by molar-refractivity contribution is 6.30. The number of halogens is 1. The van der Waals surface area contributed by atoms with E-state index in [1.54, 1.807) is 0 Å². The van der Waals surface area contributed by atoms with Crippen LogP contribution in [0.3, 0.4) is 0 Å². The SMILES string of the molecule is O=C[C@H]1c2ccc(Cl)cc2C=C[C@@H]1c1ccccc1. The molecule has 2 atom stereocenters. The Hall–Kier alpha value is -1.86. The third kappa shape index (κ3) is 2.22. The van der Waals surface area contributed by atoms with Crippen molar-refractivity contribution in [3.63, 3.8) is 0 Å². The first-order chi connectivity index (χ1) is 9.29. The molecule has 0 saturated heterocycles. The summed E-state index contributed by atoms with van der Waals surface area (Å²) in [6.07, 6.45) is 5.18. The fourth-order valence-electron chi connectivity index (χ4n) is 2.67. The Labute approximate surface area is 117 Å². The van der Waals surface area contributed by atoms with Crippen LogP contribution in [-0.2, 0) is 4.79 Å². The zero-order chi connectivity index (χ0) is 13.2. The van der Waals surface area contributed by atoms with Gasteiger partial charge in [0.15, 0.2) is 0 Å². The van der Waals surface area contributed by atoms with Crippen molar-refractivity contribution in [3.05, 3.63) is 76.3 Å². The number of fused-ring (bicyclic) bond motifs is 1. The van der Waals surface area contributed by atoms with Crippen molar-refractivity contribution in [1.29, 1.82) is 0 Å². The Balaban J connectivity index is 2.08. The molecule has 0 heterocycles. The van der Waals surface area contributed by atoms with Crippen molar-refractivity contribution >= 4 is 24.0 Å². The minimum atomic E-state index is -0.139. The van der Waals surface area contributed by atoms with Gasteiger partial charge in [-0.25, -0.2) is 0 Å². The van der Waals surface area contributed by atoms with E-state index in [4.69, 9.17) is 11.6 Å². The molecule has 0 amide bonds. The van der Waals surface area contributed by atoms with Gasteiger partial charge < -0.3 is 4.79 Å². The maximum Gasteiger partial charge on any atom is 0.128 e. The Morgan fingerprint density at radius 1 is 1.05 bits per heavy atom. The molecule has 0 saturated carbocycles. The van der Waals surface area contributed by atoms with Crippen LogP contribution >= 0.6 is 11.6 Å². The first kappa shape index (κ1) is 12.2. The third-order valence-corrected chi connectivity index (χ3v) is 3.84. The van der Waals surface area contributed by atoms with Crippen LogP contribution in [0, 0.1) is 0 Å². The Kier molecular flexibility index (Phi) is 3.22. The van der Waals surface area contributed by atoms with Crippen LogP contribution in [0.2, 0.25) is 5.02 Å². The zero-order valence-corrected chi connectivity index (χ0v) is 11.0. The summed E-state index contributed by atoms with van der Waals surface area (Å²) in [7, 11) is 0. The van der Waals surface area contributed by atoms with Gasteiger partial charge in [-0.15, -0.1) is 0 Å². The van der Waals surface area contributed by atoms with E-state index in [1.165, 1.54) is 0 Å². The van der Waals surface area contributed by atoms with E-state index in [9.17, 15) is 4.79 Å². The van der Waals surface area contributed by atoms with Crippen LogP contribution in [0.1, 0.15) is 28.5 Å². The summed E-state index contributed by atoms with van der Waals surface area (Å²) in [4.78, 5) is 11.5. The Morgan fingerprint density at radius 3 is 2.58 bits per heavy atom. The van der Waals surface area contributed by atoms with Crippen molar-refractivity contribution in [3.8, 4) is 0 Å². The predicted octanol–water partition coefficient (Wildman–Crippen LogP) is 4.43. The number of hydrogen-bond donors (Lipinski definition) is 0. The van der Waals surface area contributed by atoms with Crippen LogP contribution in [0.5, 0.6) is 0 Å². The monoisotopic (exact) mass is 268 g/mol. The normalized spacial score (nSPS) is 20.9. The fourth-order valence-corrected chi connectivity index (χ4v) is 2.85. The van der Waals surface area contributed by atoms with E-state index < -0.39 is 0 Å². The maximum absolute atomic E-state index is 11.5. The van der Waals surface area contributed by atoms with Crippen molar-refractivity contribution in [2.75, 3.05) is 0 Å². The number of carbonyl (C=O) groups excluding carboxylic acids is 1. The second-order valence-corrected chi connectivity index (χ2v) is 5.17. The summed E-state index contributed by atoms with van der Waals surface area (Å²) in [5.74, 6) is -0.0351. The molecule has 0 fully saturated rings. The van der Waals surface area contributed by atoms with Crippen LogP contribution in [0.4, 0.5) is 0 Å². The highest BCUT2D eigenvalue weighted by atomic mass is 35.5. The van der Waals surface area contributed by atoms with E-state index in [0.29, 0.717) is 5.02 Å². The van der Waals surface area contributed by atoms with Crippen LogP contribution in [0.25, 0.3) is 6.08 Å². The van der Waals surface area contributed by atoms with Crippen molar-refractivity contribution in [2.45, 2.75) is 11.8 Å². The molecule has 1 aliphatic rings. The molecule has 19 heavy (non-hydrogen) atoms. The lowest BCUT2D eigenvalue weighted by Gasteiger charge is -2.26. The molecule has 0 bridgehead atoms. The molecule has 0 radical (unpaired) electrons. The maximum atomic E-state index is 11.5. The second-order valence-electron chi connectivity index (χ2n) is 4.73. The molecule has 1 nitrogen and oxygen atoms in total. The highest BCUT2D eigenvalue weighted by Gasteiger charge is 2.27. The van der Waals surface area contributed by atoms with E-state index >= 15 is 0 Å². The quantitative estimate of drug-likeness (QED) is 0.736. The molecule has 0 aromatic heterocycles. The summed E-state index contributed by atoms with van der Waals surface area (Å²) >= 11 is 6.00. The molecular formula is C17H13ClO. The van der Waals surface area contributed by atoms with Gasteiger partial charge >= 0.3 is 0 Å². The van der Waals surface area contributed by atoms with Crippen LogP contribution < -0.4 is 0 Å². The van der Waals surface area contributed by atoms with Crippen molar-refractivity contribution in [1.82, 2.24) is 0 Å². The molecule has 0 unspecified atom stereocenters. The molecule has 0 spiro atoms.